The molecular weight excluding hydrogens is 228 g/mol. The maximum absolute atomic E-state index is 11.0. The zero-order valence-electron chi connectivity index (χ0n) is 9.11. The Morgan fingerprint density at radius 2 is 2.19 bits per heavy atom. The summed E-state index contributed by atoms with van der Waals surface area (Å²) >= 11 is 1.33. The van der Waals surface area contributed by atoms with Crippen LogP contribution in [0.25, 0.3) is 0 Å². The lowest BCUT2D eigenvalue weighted by atomic mass is 10.1. The van der Waals surface area contributed by atoms with Crippen LogP contribution in [-0.4, -0.2) is 22.5 Å². The fraction of sp³-hybridized carbons (Fsp3) is 0.400. The molecule has 0 atom stereocenters. The summed E-state index contributed by atoms with van der Waals surface area (Å²) in [6.45, 7) is 3.79. The van der Waals surface area contributed by atoms with E-state index in [1.807, 2.05) is 0 Å². The van der Waals surface area contributed by atoms with E-state index in [0.29, 0.717) is 6.54 Å². The summed E-state index contributed by atoms with van der Waals surface area (Å²) in [4.78, 5) is 22.5. The van der Waals surface area contributed by atoms with Crippen LogP contribution in [0.1, 0.15) is 29.1 Å². The molecule has 0 aliphatic heterocycles. The van der Waals surface area contributed by atoms with Gasteiger partial charge in [-0.05, 0) is 19.9 Å². The van der Waals surface area contributed by atoms with Crippen molar-refractivity contribution >= 4 is 23.2 Å². The molecule has 0 saturated heterocycles. The second-order valence-electron chi connectivity index (χ2n) is 3.95. The Morgan fingerprint density at radius 1 is 1.56 bits per heavy atom. The molecule has 0 radical (unpaired) electrons. The number of rotatable bonds is 5. The molecule has 5 nitrogen and oxygen atoms in total. The Bertz CT molecular complexity index is 412. The molecule has 0 bridgehead atoms. The molecule has 0 saturated carbocycles. The Balaban J connectivity index is 2.61. The van der Waals surface area contributed by atoms with Crippen molar-refractivity contribution in [3.8, 4) is 0 Å². The van der Waals surface area contributed by atoms with Crippen LogP contribution < -0.4 is 11.1 Å². The number of amides is 1. The first-order chi connectivity index (χ1) is 7.33. The molecule has 4 N–H and O–H groups in total. The van der Waals surface area contributed by atoms with E-state index in [9.17, 15) is 9.59 Å². The molecule has 16 heavy (non-hydrogen) atoms. The third-order valence-electron chi connectivity index (χ3n) is 2.22. The van der Waals surface area contributed by atoms with E-state index < -0.39 is 17.4 Å². The van der Waals surface area contributed by atoms with Gasteiger partial charge in [-0.3, -0.25) is 10.1 Å². The van der Waals surface area contributed by atoms with Crippen LogP contribution in [0.2, 0.25) is 0 Å². The summed E-state index contributed by atoms with van der Waals surface area (Å²) < 4.78 is 0. The number of aromatic carboxylic acids is 1. The number of nitrogens with one attached hydrogen (secondary N) is 1. The minimum Gasteiger partial charge on any atom is -0.478 e. The van der Waals surface area contributed by atoms with Gasteiger partial charge in [0.25, 0.3) is 0 Å². The standard InChI is InChI=1S/C10H14N2O3S/c1-10(2,9(11)15)12-4-7-3-6(5-16-7)8(13)14/h3,5,12H,4H2,1-2H3,(H2,11,15)(H,13,14). The summed E-state index contributed by atoms with van der Waals surface area (Å²) in [6, 6.07) is 1.58. The monoisotopic (exact) mass is 242 g/mol. The number of thiophene rings is 1. The van der Waals surface area contributed by atoms with Gasteiger partial charge in [0.15, 0.2) is 0 Å². The van der Waals surface area contributed by atoms with Crippen molar-refractivity contribution in [3.05, 3.63) is 21.9 Å². The summed E-state index contributed by atoms with van der Waals surface area (Å²) in [5, 5.41) is 13.3. The van der Waals surface area contributed by atoms with Crippen LogP contribution in [0, 0.1) is 0 Å². The van der Waals surface area contributed by atoms with Gasteiger partial charge in [-0.2, -0.15) is 0 Å². The highest BCUT2D eigenvalue weighted by molar-refractivity contribution is 7.10. The molecule has 1 rings (SSSR count). The molecule has 88 valence electrons. The van der Waals surface area contributed by atoms with Crippen molar-refractivity contribution < 1.29 is 14.7 Å². The highest BCUT2D eigenvalue weighted by atomic mass is 32.1. The molecule has 0 aliphatic carbocycles. The van der Waals surface area contributed by atoms with Gasteiger partial charge in [-0.15, -0.1) is 11.3 Å². The van der Waals surface area contributed by atoms with Gasteiger partial charge in [0.1, 0.15) is 0 Å². The summed E-state index contributed by atoms with van der Waals surface area (Å²) in [5.74, 6) is -1.39. The van der Waals surface area contributed by atoms with Crippen LogP contribution in [0.4, 0.5) is 0 Å². The number of hydrogen-bond acceptors (Lipinski definition) is 4. The van der Waals surface area contributed by atoms with Crippen LogP contribution in [0.15, 0.2) is 11.4 Å². The van der Waals surface area contributed by atoms with E-state index in [0.717, 1.165) is 4.88 Å². The van der Waals surface area contributed by atoms with E-state index >= 15 is 0 Å². The van der Waals surface area contributed by atoms with Gasteiger partial charge in [-0.1, -0.05) is 0 Å². The van der Waals surface area contributed by atoms with Crippen LogP contribution in [0.3, 0.4) is 0 Å². The number of nitrogens with two attached hydrogens (primary N) is 1. The minimum atomic E-state index is -0.948. The molecule has 0 spiro atoms. The number of carboxylic acid groups (broad SMARTS) is 1. The maximum atomic E-state index is 11.0. The van der Waals surface area contributed by atoms with Gasteiger partial charge >= 0.3 is 5.97 Å². The first-order valence-electron chi connectivity index (χ1n) is 4.68. The van der Waals surface area contributed by atoms with Gasteiger partial charge in [0, 0.05) is 16.8 Å². The molecule has 6 heteroatoms. The topological polar surface area (TPSA) is 92.4 Å². The second-order valence-corrected chi connectivity index (χ2v) is 4.95. The van der Waals surface area contributed by atoms with Crippen molar-refractivity contribution in [2.75, 3.05) is 0 Å². The zero-order chi connectivity index (χ0) is 12.3. The van der Waals surface area contributed by atoms with Gasteiger partial charge in [-0.25, -0.2) is 4.79 Å². The van der Waals surface area contributed by atoms with Gasteiger partial charge in [0.05, 0.1) is 11.1 Å². The summed E-state index contributed by atoms with van der Waals surface area (Å²) in [7, 11) is 0. The third-order valence-corrected chi connectivity index (χ3v) is 3.16. The molecule has 0 aliphatic rings. The molecule has 0 fully saturated rings. The molecular formula is C10H14N2O3S. The van der Waals surface area contributed by atoms with Crippen molar-refractivity contribution in [2.24, 2.45) is 5.73 Å². The quantitative estimate of drug-likeness (QED) is 0.712. The zero-order valence-corrected chi connectivity index (χ0v) is 9.93. The minimum absolute atomic E-state index is 0.263. The first-order valence-corrected chi connectivity index (χ1v) is 5.56. The molecule has 1 amide bonds. The molecule has 1 aromatic heterocycles. The molecule has 1 heterocycles. The highest BCUT2D eigenvalue weighted by Crippen LogP contribution is 2.15. The number of carbonyl (C=O) groups excluding carboxylic acids is 1. The van der Waals surface area contributed by atoms with Crippen LogP contribution in [-0.2, 0) is 11.3 Å². The van der Waals surface area contributed by atoms with Crippen molar-refractivity contribution in [2.45, 2.75) is 25.9 Å². The Labute approximate surface area is 97.3 Å². The first kappa shape index (κ1) is 12.7. The number of carboxylic acids is 1. The van der Waals surface area contributed by atoms with Crippen molar-refractivity contribution in [3.63, 3.8) is 0 Å². The van der Waals surface area contributed by atoms with Crippen LogP contribution >= 0.6 is 11.3 Å². The normalized spacial score (nSPS) is 11.4. The maximum Gasteiger partial charge on any atom is 0.336 e. The number of primary amides is 1. The Morgan fingerprint density at radius 3 is 2.62 bits per heavy atom. The fourth-order valence-electron chi connectivity index (χ4n) is 0.981. The van der Waals surface area contributed by atoms with Crippen molar-refractivity contribution in [1.82, 2.24) is 5.32 Å². The summed E-state index contributed by atoms with van der Waals surface area (Å²) in [5.41, 5.74) is 4.66. The predicted molar refractivity (Wildman–Crippen MR) is 61.4 cm³/mol. The lowest BCUT2D eigenvalue weighted by Gasteiger charge is -2.21. The number of hydrogen-bond donors (Lipinski definition) is 3. The SMILES string of the molecule is CC(C)(NCc1cc(C(=O)O)cs1)C(N)=O. The fourth-order valence-corrected chi connectivity index (χ4v) is 1.78. The Kier molecular flexibility index (Phi) is 3.66. The lowest BCUT2D eigenvalue weighted by Crippen LogP contribution is -2.50. The Hall–Kier alpha value is -1.40. The van der Waals surface area contributed by atoms with E-state index in [-0.39, 0.29) is 5.56 Å². The van der Waals surface area contributed by atoms with E-state index in [4.69, 9.17) is 10.8 Å². The van der Waals surface area contributed by atoms with Gasteiger partial charge < -0.3 is 10.8 Å². The van der Waals surface area contributed by atoms with E-state index in [1.165, 1.54) is 11.3 Å². The van der Waals surface area contributed by atoms with E-state index in [1.54, 1.807) is 25.3 Å². The lowest BCUT2D eigenvalue weighted by molar-refractivity contribution is -0.123. The molecule has 1 aromatic rings. The largest absolute Gasteiger partial charge is 0.478 e. The van der Waals surface area contributed by atoms with Crippen LogP contribution in [0.5, 0.6) is 0 Å². The third kappa shape index (κ3) is 3.04. The average Bonchev–Trinajstić information content (AvgIpc) is 2.63. The average molecular weight is 242 g/mol. The smallest absolute Gasteiger partial charge is 0.336 e. The number of carbonyl (C=O) groups is 2. The predicted octanol–water partition coefficient (Wildman–Crippen LogP) is 0.800. The summed E-state index contributed by atoms with van der Waals surface area (Å²) in [6.07, 6.45) is 0. The van der Waals surface area contributed by atoms with Crippen molar-refractivity contribution in [1.29, 1.82) is 0 Å². The molecule has 0 aromatic carbocycles. The highest BCUT2D eigenvalue weighted by Gasteiger charge is 2.23. The van der Waals surface area contributed by atoms with Gasteiger partial charge in [0.2, 0.25) is 5.91 Å². The van der Waals surface area contributed by atoms with E-state index in [2.05, 4.69) is 5.32 Å². The second kappa shape index (κ2) is 4.63. The molecule has 0 unspecified atom stereocenters.